The average molecular weight is 418 g/mol. The molecular weight excluding hydrogens is 386 g/mol. The van der Waals surface area contributed by atoms with Crippen molar-refractivity contribution in [2.24, 2.45) is 5.41 Å². The Balaban J connectivity index is 1.39. The van der Waals surface area contributed by atoms with Crippen molar-refractivity contribution in [1.29, 1.82) is 5.26 Å². The van der Waals surface area contributed by atoms with Gasteiger partial charge in [0.2, 0.25) is 5.95 Å². The average Bonchev–Trinajstić information content (AvgIpc) is 3.15. The minimum Gasteiger partial charge on any atom is -0.393 e. The quantitative estimate of drug-likeness (QED) is 0.643. The van der Waals surface area contributed by atoms with Gasteiger partial charge in [0.1, 0.15) is 17.5 Å². The Morgan fingerprint density at radius 3 is 2.90 bits per heavy atom. The van der Waals surface area contributed by atoms with Crippen molar-refractivity contribution in [1.82, 2.24) is 9.97 Å². The first-order valence-corrected chi connectivity index (χ1v) is 11.1. The van der Waals surface area contributed by atoms with Crippen LogP contribution < -0.4 is 10.6 Å². The third-order valence-electron chi connectivity index (χ3n) is 6.70. The number of benzene rings is 1. The van der Waals surface area contributed by atoms with Crippen LogP contribution in [0.4, 0.5) is 11.8 Å². The highest BCUT2D eigenvalue weighted by molar-refractivity contribution is 5.74. The summed E-state index contributed by atoms with van der Waals surface area (Å²) in [4.78, 5) is 8.91. The summed E-state index contributed by atoms with van der Waals surface area (Å²) < 4.78 is 0. The van der Waals surface area contributed by atoms with E-state index in [1.165, 1.54) is 22.3 Å². The molecule has 162 valence electrons. The molecule has 1 fully saturated rings. The molecule has 2 aromatic rings. The second-order valence-corrected chi connectivity index (χ2v) is 9.41. The van der Waals surface area contributed by atoms with Gasteiger partial charge in [0.15, 0.2) is 0 Å². The number of nitrogens with zero attached hydrogens (tertiary/aromatic N) is 3. The van der Waals surface area contributed by atoms with Crippen LogP contribution in [0.1, 0.15) is 61.8 Å². The largest absolute Gasteiger partial charge is 0.393 e. The van der Waals surface area contributed by atoms with Crippen molar-refractivity contribution in [2.75, 3.05) is 17.2 Å². The van der Waals surface area contributed by atoms with Gasteiger partial charge in [-0.05, 0) is 66.7 Å². The summed E-state index contributed by atoms with van der Waals surface area (Å²) in [6.07, 6.45) is 7.94. The number of hydrogen-bond donors (Lipinski definition) is 3. The van der Waals surface area contributed by atoms with E-state index in [1.807, 2.05) is 0 Å². The molecule has 0 saturated heterocycles. The Hall–Kier alpha value is -2.91. The monoisotopic (exact) mass is 417 g/mol. The summed E-state index contributed by atoms with van der Waals surface area (Å²) in [7, 11) is 0. The predicted molar refractivity (Wildman–Crippen MR) is 124 cm³/mol. The minimum atomic E-state index is -0.289. The minimum absolute atomic E-state index is 0.152. The number of aliphatic hydroxyl groups excluding tert-OH is 1. The summed E-state index contributed by atoms with van der Waals surface area (Å²) in [5.74, 6) is 1.10. The fourth-order valence-electron chi connectivity index (χ4n) is 4.75. The van der Waals surface area contributed by atoms with Crippen molar-refractivity contribution < 1.29 is 5.11 Å². The van der Waals surface area contributed by atoms with Crippen LogP contribution in [0, 0.1) is 23.7 Å². The molecule has 1 heterocycles. The van der Waals surface area contributed by atoms with E-state index in [9.17, 15) is 10.4 Å². The highest BCUT2D eigenvalue weighted by Crippen LogP contribution is 2.37. The molecule has 0 radical (unpaired) electrons. The number of allylic oxidation sites excluding steroid dienone is 1. The molecule has 2 atom stereocenters. The van der Waals surface area contributed by atoms with Crippen LogP contribution in [0.2, 0.25) is 0 Å². The van der Waals surface area contributed by atoms with E-state index in [4.69, 9.17) is 0 Å². The van der Waals surface area contributed by atoms with Gasteiger partial charge in [0.05, 0.1) is 12.3 Å². The molecule has 31 heavy (non-hydrogen) atoms. The van der Waals surface area contributed by atoms with Crippen molar-refractivity contribution in [3.63, 3.8) is 0 Å². The van der Waals surface area contributed by atoms with Crippen LogP contribution in [0.15, 0.2) is 30.5 Å². The summed E-state index contributed by atoms with van der Waals surface area (Å²) in [6.45, 7) is 7.07. The van der Waals surface area contributed by atoms with Crippen molar-refractivity contribution >= 4 is 17.3 Å². The number of aryl methyl sites for hydroxylation is 1. The Morgan fingerprint density at radius 2 is 2.13 bits per heavy atom. The van der Waals surface area contributed by atoms with Gasteiger partial charge in [0.25, 0.3) is 0 Å². The van der Waals surface area contributed by atoms with Gasteiger partial charge in [-0.15, -0.1) is 0 Å². The molecule has 4 rings (SSSR count). The molecule has 2 aliphatic rings. The van der Waals surface area contributed by atoms with Gasteiger partial charge in [-0.1, -0.05) is 38.1 Å². The molecule has 0 amide bonds. The number of nitriles is 1. The van der Waals surface area contributed by atoms with Crippen LogP contribution in [-0.4, -0.2) is 33.8 Å². The molecule has 0 bridgehead atoms. The number of fused-ring (bicyclic) bond motifs is 1. The fourth-order valence-corrected chi connectivity index (χ4v) is 4.75. The van der Waals surface area contributed by atoms with Crippen LogP contribution in [0.3, 0.4) is 0 Å². The lowest BCUT2D eigenvalue weighted by molar-refractivity contribution is 0.00926. The Kier molecular flexibility index (Phi) is 5.97. The smallest absolute Gasteiger partial charge is 0.224 e. The van der Waals surface area contributed by atoms with Gasteiger partial charge < -0.3 is 15.7 Å². The standard InChI is InChI=1S/C25H31N5O/c1-16-5-4-6-21-17(7-9-20(16)21)11-12-27-24-28-15-18(14-26)23(30-24)29-19-8-10-22(31)25(2,3)13-19/h4-7,15,19,22,31H,8-13H2,1-3H3,(H2,27,28,29,30)/t19-,22+/m1/s1. The number of aromatic nitrogens is 2. The number of nitrogens with one attached hydrogen (secondary N) is 2. The first-order valence-electron chi connectivity index (χ1n) is 11.1. The molecule has 1 aromatic heterocycles. The number of aliphatic hydroxyl groups is 1. The zero-order valence-electron chi connectivity index (χ0n) is 18.6. The van der Waals surface area contributed by atoms with E-state index in [2.05, 4.69) is 71.7 Å². The Morgan fingerprint density at radius 1 is 1.29 bits per heavy atom. The second kappa shape index (κ2) is 8.68. The first-order chi connectivity index (χ1) is 14.9. The Labute approximate surface area is 184 Å². The summed E-state index contributed by atoms with van der Waals surface area (Å²) in [5, 5.41) is 26.4. The third kappa shape index (κ3) is 4.57. The molecule has 6 nitrogen and oxygen atoms in total. The molecular formula is C25H31N5O. The molecule has 0 aliphatic heterocycles. The zero-order chi connectivity index (χ0) is 22.0. The molecule has 1 saturated carbocycles. The van der Waals surface area contributed by atoms with E-state index < -0.39 is 0 Å². The molecule has 2 aliphatic carbocycles. The van der Waals surface area contributed by atoms with E-state index >= 15 is 0 Å². The fraction of sp³-hybridized carbons (Fsp3) is 0.480. The lowest BCUT2D eigenvalue weighted by Crippen LogP contribution is -2.41. The van der Waals surface area contributed by atoms with Crippen LogP contribution in [0.25, 0.3) is 5.57 Å². The predicted octanol–water partition coefficient (Wildman–Crippen LogP) is 4.45. The SMILES string of the molecule is Cc1cccc2c1CC=C2CCNc1ncc(C#N)c(N[C@@H]2CC[C@H](O)C(C)(C)C2)n1. The third-order valence-corrected chi connectivity index (χ3v) is 6.70. The maximum absolute atomic E-state index is 10.2. The van der Waals surface area contributed by atoms with Gasteiger partial charge in [-0.3, -0.25) is 0 Å². The van der Waals surface area contributed by atoms with E-state index in [0.29, 0.717) is 17.3 Å². The molecule has 0 spiro atoms. The maximum Gasteiger partial charge on any atom is 0.224 e. The maximum atomic E-state index is 10.2. The molecule has 3 N–H and O–H groups in total. The normalized spacial score (nSPS) is 21.7. The van der Waals surface area contributed by atoms with Crippen molar-refractivity contribution in [3.05, 3.63) is 52.7 Å². The lowest BCUT2D eigenvalue weighted by atomic mass is 9.73. The van der Waals surface area contributed by atoms with Gasteiger partial charge >= 0.3 is 0 Å². The van der Waals surface area contributed by atoms with Crippen molar-refractivity contribution in [3.8, 4) is 6.07 Å². The second-order valence-electron chi connectivity index (χ2n) is 9.41. The number of rotatable bonds is 6. The zero-order valence-corrected chi connectivity index (χ0v) is 18.6. The highest BCUT2D eigenvalue weighted by Gasteiger charge is 2.35. The van der Waals surface area contributed by atoms with E-state index in [0.717, 1.165) is 38.6 Å². The summed E-state index contributed by atoms with van der Waals surface area (Å²) >= 11 is 0. The Bertz CT molecular complexity index is 1040. The van der Waals surface area contributed by atoms with Gasteiger partial charge in [-0.25, -0.2) is 4.98 Å². The highest BCUT2D eigenvalue weighted by atomic mass is 16.3. The van der Waals surface area contributed by atoms with Crippen molar-refractivity contribution in [2.45, 2.75) is 65.0 Å². The van der Waals surface area contributed by atoms with Crippen LogP contribution in [0.5, 0.6) is 0 Å². The molecule has 6 heteroatoms. The topological polar surface area (TPSA) is 93.9 Å². The number of anilines is 2. The number of hydrogen-bond acceptors (Lipinski definition) is 6. The summed E-state index contributed by atoms with van der Waals surface area (Å²) in [5.41, 5.74) is 5.78. The van der Waals surface area contributed by atoms with E-state index in [-0.39, 0.29) is 17.6 Å². The lowest BCUT2D eigenvalue weighted by Gasteiger charge is -2.40. The molecule has 0 unspecified atom stereocenters. The first kappa shape index (κ1) is 21.3. The summed E-state index contributed by atoms with van der Waals surface area (Å²) in [6, 6.07) is 8.85. The van der Waals surface area contributed by atoms with Gasteiger partial charge in [0, 0.05) is 12.6 Å². The molecule has 1 aromatic carbocycles. The van der Waals surface area contributed by atoms with Crippen LogP contribution in [-0.2, 0) is 6.42 Å². The van der Waals surface area contributed by atoms with E-state index in [1.54, 1.807) is 6.20 Å². The van der Waals surface area contributed by atoms with Crippen LogP contribution >= 0.6 is 0 Å². The van der Waals surface area contributed by atoms with Gasteiger partial charge in [-0.2, -0.15) is 10.2 Å².